The molecule has 0 unspecified atom stereocenters. The number of halogens is 1. The van der Waals surface area contributed by atoms with Gasteiger partial charge in [0.15, 0.2) is 0 Å². The molecule has 0 saturated carbocycles. The molecule has 2 aromatic rings. The van der Waals surface area contributed by atoms with E-state index in [-0.39, 0.29) is 5.91 Å². The highest BCUT2D eigenvalue weighted by molar-refractivity contribution is 9.10. The van der Waals surface area contributed by atoms with Crippen LogP contribution in [-0.2, 0) is 11.2 Å². The summed E-state index contributed by atoms with van der Waals surface area (Å²) in [6.45, 7) is 0. The molecule has 5 nitrogen and oxygen atoms in total. The number of benzene rings is 2. The normalized spacial score (nSPS) is 10.0. The number of urea groups is 1. The molecule has 22 heavy (non-hydrogen) atoms. The number of carbonyl (C=O) groups is 2. The Balaban J connectivity index is 1.90. The van der Waals surface area contributed by atoms with Gasteiger partial charge < -0.3 is 16.4 Å². The van der Waals surface area contributed by atoms with Crippen molar-refractivity contribution in [1.29, 1.82) is 0 Å². The van der Waals surface area contributed by atoms with Gasteiger partial charge in [0.05, 0.1) is 0 Å². The number of hydrogen-bond acceptors (Lipinski definition) is 2. The molecule has 4 N–H and O–H groups in total. The SMILES string of the molecule is NC(=O)Nc1cccc(NC(=O)CCc2cccc(Br)c2)c1. The van der Waals surface area contributed by atoms with Gasteiger partial charge in [-0.25, -0.2) is 4.79 Å². The number of primary amides is 1. The van der Waals surface area contributed by atoms with E-state index in [4.69, 9.17) is 5.73 Å². The van der Waals surface area contributed by atoms with E-state index in [9.17, 15) is 9.59 Å². The maximum absolute atomic E-state index is 12.0. The van der Waals surface area contributed by atoms with Crippen LogP contribution in [0.4, 0.5) is 16.2 Å². The number of nitrogens with two attached hydrogens (primary N) is 1. The summed E-state index contributed by atoms with van der Waals surface area (Å²) < 4.78 is 0.996. The summed E-state index contributed by atoms with van der Waals surface area (Å²) in [5, 5.41) is 5.26. The number of rotatable bonds is 5. The van der Waals surface area contributed by atoms with Gasteiger partial charge in [-0.15, -0.1) is 0 Å². The van der Waals surface area contributed by atoms with Crippen LogP contribution in [-0.4, -0.2) is 11.9 Å². The number of nitrogens with one attached hydrogen (secondary N) is 2. The Hall–Kier alpha value is -2.34. The number of anilines is 2. The molecule has 3 amide bonds. The highest BCUT2D eigenvalue weighted by atomic mass is 79.9. The van der Waals surface area contributed by atoms with E-state index in [1.165, 1.54) is 0 Å². The molecule has 0 aliphatic rings. The van der Waals surface area contributed by atoms with Crippen molar-refractivity contribution in [3.8, 4) is 0 Å². The monoisotopic (exact) mass is 361 g/mol. The summed E-state index contributed by atoms with van der Waals surface area (Å²) in [5.74, 6) is -0.0869. The number of aryl methyl sites for hydroxylation is 1. The molecule has 0 radical (unpaired) electrons. The molecule has 6 heteroatoms. The first-order valence-electron chi connectivity index (χ1n) is 6.74. The van der Waals surface area contributed by atoms with Crippen molar-refractivity contribution in [1.82, 2.24) is 0 Å². The average molecular weight is 362 g/mol. The van der Waals surface area contributed by atoms with Gasteiger partial charge in [-0.2, -0.15) is 0 Å². The lowest BCUT2D eigenvalue weighted by molar-refractivity contribution is -0.116. The molecule has 0 atom stereocenters. The molecule has 0 heterocycles. The Morgan fingerprint density at radius 3 is 2.36 bits per heavy atom. The zero-order valence-corrected chi connectivity index (χ0v) is 13.4. The topological polar surface area (TPSA) is 84.2 Å². The number of carbonyl (C=O) groups excluding carboxylic acids is 2. The third-order valence-electron chi connectivity index (χ3n) is 2.94. The van der Waals surface area contributed by atoms with Gasteiger partial charge >= 0.3 is 6.03 Å². The van der Waals surface area contributed by atoms with E-state index in [1.807, 2.05) is 24.3 Å². The second-order valence-electron chi connectivity index (χ2n) is 4.75. The molecule has 0 aliphatic heterocycles. The Morgan fingerprint density at radius 2 is 1.68 bits per heavy atom. The van der Waals surface area contributed by atoms with E-state index in [2.05, 4.69) is 26.6 Å². The van der Waals surface area contributed by atoms with Gasteiger partial charge in [-0.3, -0.25) is 4.79 Å². The van der Waals surface area contributed by atoms with Crippen LogP contribution in [0.2, 0.25) is 0 Å². The number of hydrogen-bond donors (Lipinski definition) is 3. The minimum atomic E-state index is -0.641. The summed E-state index contributed by atoms with van der Waals surface area (Å²) in [6.07, 6.45) is 1.04. The quantitative estimate of drug-likeness (QED) is 0.761. The molecular formula is C16H16BrN3O2. The predicted octanol–water partition coefficient (Wildman–Crippen LogP) is 3.51. The second kappa shape index (κ2) is 7.61. The maximum atomic E-state index is 12.0. The van der Waals surface area contributed by atoms with Gasteiger partial charge in [0, 0.05) is 22.3 Å². The minimum Gasteiger partial charge on any atom is -0.351 e. The van der Waals surface area contributed by atoms with Crippen LogP contribution in [0, 0.1) is 0 Å². The van der Waals surface area contributed by atoms with Gasteiger partial charge in [-0.05, 0) is 42.3 Å². The lowest BCUT2D eigenvalue weighted by atomic mass is 10.1. The Morgan fingerprint density at radius 1 is 1.00 bits per heavy atom. The van der Waals surface area contributed by atoms with Crippen molar-refractivity contribution in [2.24, 2.45) is 5.73 Å². The largest absolute Gasteiger partial charge is 0.351 e. The number of amides is 3. The molecule has 0 aromatic heterocycles. The second-order valence-corrected chi connectivity index (χ2v) is 5.66. The summed E-state index contributed by atoms with van der Waals surface area (Å²) in [7, 11) is 0. The van der Waals surface area contributed by atoms with Crippen LogP contribution in [0.15, 0.2) is 53.0 Å². The van der Waals surface area contributed by atoms with Crippen LogP contribution in [0.3, 0.4) is 0 Å². The van der Waals surface area contributed by atoms with Crippen molar-refractivity contribution in [3.05, 3.63) is 58.6 Å². The van der Waals surface area contributed by atoms with Gasteiger partial charge in [0.25, 0.3) is 0 Å². The van der Waals surface area contributed by atoms with Crippen LogP contribution in [0.25, 0.3) is 0 Å². The third kappa shape index (κ3) is 5.21. The molecule has 0 spiro atoms. The van der Waals surface area contributed by atoms with Crippen molar-refractivity contribution < 1.29 is 9.59 Å². The fourth-order valence-corrected chi connectivity index (χ4v) is 2.44. The molecule has 0 aliphatic carbocycles. The lowest BCUT2D eigenvalue weighted by Crippen LogP contribution is -2.19. The zero-order chi connectivity index (χ0) is 15.9. The van der Waals surface area contributed by atoms with Crippen molar-refractivity contribution in [2.45, 2.75) is 12.8 Å². The highest BCUT2D eigenvalue weighted by Crippen LogP contribution is 2.16. The van der Waals surface area contributed by atoms with Gasteiger partial charge in [-0.1, -0.05) is 34.1 Å². The van der Waals surface area contributed by atoms with Crippen molar-refractivity contribution in [2.75, 3.05) is 10.6 Å². The summed E-state index contributed by atoms with van der Waals surface area (Å²) in [6, 6.07) is 14.1. The third-order valence-corrected chi connectivity index (χ3v) is 3.44. The first kappa shape index (κ1) is 16.0. The first-order chi connectivity index (χ1) is 10.5. The van der Waals surface area contributed by atoms with Crippen molar-refractivity contribution in [3.63, 3.8) is 0 Å². The molecule has 0 fully saturated rings. The van der Waals surface area contributed by atoms with E-state index < -0.39 is 6.03 Å². The lowest BCUT2D eigenvalue weighted by Gasteiger charge is -2.08. The Labute approximate surface area is 137 Å². The van der Waals surface area contributed by atoms with Gasteiger partial charge in [0.2, 0.25) is 5.91 Å². The Bertz CT molecular complexity index is 689. The molecule has 2 rings (SSSR count). The van der Waals surface area contributed by atoms with Crippen molar-refractivity contribution >= 4 is 39.2 Å². The zero-order valence-electron chi connectivity index (χ0n) is 11.8. The minimum absolute atomic E-state index is 0.0869. The van der Waals surface area contributed by atoms with Crippen LogP contribution in [0.5, 0.6) is 0 Å². The maximum Gasteiger partial charge on any atom is 0.316 e. The molecule has 0 bridgehead atoms. The molecule has 0 saturated heterocycles. The first-order valence-corrected chi connectivity index (χ1v) is 7.53. The predicted molar refractivity (Wildman–Crippen MR) is 90.7 cm³/mol. The smallest absolute Gasteiger partial charge is 0.316 e. The fraction of sp³-hybridized carbons (Fsp3) is 0.125. The van der Waals surface area contributed by atoms with E-state index in [0.717, 1.165) is 10.0 Å². The van der Waals surface area contributed by atoms with E-state index in [0.29, 0.717) is 24.2 Å². The van der Waals surface area contributed by atoms with E-state index >= 15 is 0 Å². The van der Waals surface area contributed by atoms with Crippen LogP contribution >= 0.6 is 15.9 Å². The fourth-order valence-electron chi connectivity index (χ4n) is 1.99. The molecule has 114 valence electrons. The van der Waals surface area contributed by atoms with Crippen LogP contribution < -0.4 is 16.4 Å². The molecular weight excluding hydrogens is 346 g/mol. The van der Waals surface area contributed by atoms with E-state index in [1.54, 1.807) is 24.3 Å². The summed E-state index contributed by atoms with van der Waals surface area (Å²) >= 11 is 3.41. The molecule has 2 aromatic carbocycles. The Kier molecular flexibility index (Phi) is 5.55. The summed E-state index contributed by atoms with van der Waals surface area (Å²) in [4.78, 5) is 22.8. The highest BCUT2D eigenvalue weighted by Gasteiger charge is 2.05. The standard InChI is InChI=1S/C16H16BrN3O2/c17-12-4-1-3-11(9-12)7-8-15(21)19-13-5-2-6-14(10-13)20-16(18)22/h1-6,9-10H,7-8H2,(H,19,21)(H3,18,20,22). The van der Waals surface area contributed by atoms with Crippen LogP contribution in [0.1, 0.15) is 12.0 Å². The van der Waals surface area contributed by atoms with Gasteiger partial charge in [0.1, 0.15) is 0 Å². The summed E-state index contributed by atoms with van der Waals surface area (Å²) in [5.41, 5.74) is 7.31. The average Bonchev–Trinajstić information content (AvgIpc) is 2.45.